The van der Waals surface area contributed by atoms with Crippen LogP contribution in [0.3, 0.4) is 0 Å². The Bertz CT molecular complexity index is 925. The number of thiocarbonyl (C=S) groups is 1. The molecule has 0 aliphatic carbocycles. The molecule has 24 heavy (non-hydrogen) atoms. The molecule has 0 aliphatic heterocycles. The summed E-state index contributed by atoms with van der Waals surface area (Å²) in [6.45, 7) is 1.91. The number of amides is 1. The van der Waals surface area contributed by atoms with Crippen molar-refractivity contribution in [3.05, 3.63) is 71.7 Å². The van der Waals surface area contributed by atoms with Crippen LogP contribution in [0.1, 0.15) is 16.1 Å². The van der Waals surface area contributed by atoms with Crippen LogP contribution < -0.4 is 10.6 Å². The fourth-order valence-corrected chi connectivity index (χ4v) is 2.48. The Labute approximate surface area is 143 Å². The van der Waals surface area contributed by atoms with E-state index in [-0.39, 0.29) is 5.11 Å². The number of anilines is 1. The maximum atomic E-state index is 12.9. The van der Waals surface area contributed by atoms with Gasteiger partial charge in [0.1, 0.15) is 5.82 Å². The molecule has 3 aromatic rings. The number of halogens is 1. The standard InChI is InChI=1S/C18H14FN3OS/c1-11-5-6-12-3-2-4-15(16(12)20-11)21-18(24)22-17(23)13-7-9-14(19)10-8-13/h2-10H,1H3,(H2,21,22,23,24). The average molecular weight is 339 g/mol. The first-order valence-corrected chi connectivity index (χ1v) is 7.68. The molecule has 0 fully saturated rings. The molecule has 0 spiro atoms. The number of pyridine rings is 1. The molecule has 1 aromatic heterocycles. The van der Waals surface area contributed by atoms with E-state index < -0.39 is 11.7 Å². The lowest BCUT2D eigenvalue weighted by Gasteiger charge is -2.11. The summed E-state index contributed by atoms with van der Waals surface area (Å²) in [7, 11) is 0. The van der Waals surface area contributed by atoms with Crippen LogP contribution in [0.5, 0.6) is 0 Å². The Hall–Kier alpha value is -2.86. The Morgan fingerprint density at radius 2 is 1.83 bits per heavy atom. The summed E-state index contributed by atoms with van der Waals surface area (Å²) in [4.78, 5) is 16.6. The van der Waals surface area contributed by atoms with E-state index in [0.717, 1.165) is 16.6 Å². The van der Waals surface area contributed by atoms with E-state index in [1.54, 1.807) is 0 Å². The summed E-state index contributed by atoms with van der Waals surface area (Å²) in [5.74, 6) is -0.804. The van der Waals surface area contributed by atoms with Crippen LogP contribution in [0.15, 0.2) is 54.6 Å². The first-order chi connectivity index (χ1) is 11.5. The van der Waals surface area contributed by atoms with Crippen molar-refractivity contribution in [3.63, 3.8) is 0 Å². The highest BCUT2D eigenvalue weighted by molar-refractivity contribution is 7.80. The molecule has 4 nitrogen and oxygen atoms in total. The minimum Gasteiger partial charge on any atom is -0.331 e. The number of benzene rings is 2. The van der Waals surface area contributed by atoms with E-state index in [0.29, 0.717) is 11.3 Å². The van der Waals surface area contributed by atoms with Gasteiger partial charge in [-0.15, -0.1) is 0 Å². The lowest BCUT2D eigenvalue weighted by molar-refractivity contribution is 0.0977. The first kappa shape index (κ1) is 16.0. The summed E-state index contributed by atoms with van der Waals surface area (Å²) in [6, 6.07) is 14.8. The third-order valence-electron chi connectivity index (χ3n) is 3.44. The van der Waals surface area contributed by atoms with Crippen molar-refractivity contribution in [2.75, 3.05) is 5.32 Å². The van der Waals surface area contributed by atoms with Gasteiger partial charge in [-0.2, -0.15) is 0 Å². The monoisotopic (exact) mass is 339 g/mol. The average Bonchev–Trinajstić information content (AvgIpc) is 2.56. The van der Waals surface area contributed by atoms with Gasteiger partial charge < -0.3 is 5.32 Å². The number of aryl methyl sites for hydroxylation is 1. The highest BCUT2D eigenvalue weighted by Crippen LogP contribution is 2.21. The number of para-hydroxylation sites is 1. The second-order valence-corrected chi connectivity index (χ2v) is 5.65. The third kappa shape index (κ3) is 3.55. The topological polar surface area (TPSA) is 54.0 Å². The molecule has 1 amide bonds. The van der Waals surface area contributed by atoms with E-state index in [1.165, 1.54) is 24.3 Å². The van der Waals surface area contributed by atoms with E-state index in [9.17, 15) is 9.18 Å². The molecule has 0 saturated carbocycles. The summed E-state index contributed by atoms with van der Waals surface area (Å²) in [5, 5.41) is 6.69. The number of hydrogen-bond acceptors (Lipinski definition) is 3. The molecule has 0 saturated heterocycles. The van der Waals surface area contributed by atoms with Crippen molar-refractivity contribution < 1.29 is 9.18 Å². The highest BCUT2D eigenvalue weighted by Gasteiger charge is 2.10. The Balaban J connectivity index is 1.76. The Morgan fingerprint density at radius 1 is 1.08 bits per heavy atom. The Kier molecular flexibility index (Phi) is 4.48. The van der Waals surface area contributed by atoms with Crippen molar-refractivity contribution in [3.8, 4) is 0 Å². The number of fused-ring (bicyclic) bond motifs is 1. The van der Waals surface area contributed by atoms with Gasteiger partial charge in [-0.3, -0.25) is 15.1 Å². The van der Waals surface area contributed by atoms with Crippen LogP contribution in [0.25, 0.3) is 10.9 Å². The van der Waals surface area contributed by atoms with Crippen LogP contribution in [0.2, 0.25) is 0 Å². The normalized spacial score (nSPS) is 10.4. The van der Waals surface area contributed by atoms with Gasteiger partial charge in [-0.25, -0.2) is 4.39 Å². The second kappa shape index (κ2) is 6.72. The number of nitrogens with zero attached hydrogens (tertiary/aromatic N) is 1. The van der Waals surface area contributed by atoms with E-state index in [1.807, 2.05) is 37.3 Å². The van der Waals surface area contributed by atoms with E-state index in [2.05, 4.69) is 15.6 Å². The molecular formula is C18H14FN3OS. The third-order valence-corrected chi connectivity index (χ3v) is 3.65. The number of nitrogens with one attached hydrogen (secondary N) is 2. The smallest absolute Gasteiger partial charge is 0.257 e. The summed E-state index contributed by atoms with van der Waals surface area (Å²) in [6.07, 6.45) is 0. The highest BCUT2D eigenvalue weighted by atomic mass is 32.1. The zero-order valence-electron chi connectivity index (χ0n) is 12.8. The lowest BCUT2D eigenvalue weighted by Crippen LogP contribution is -2.34. The van der Waals surface area contributed by atoms with Gasteiger partial charge in [-0.05, 0) is 55.5 Å². The van der Waals surface area contributed by atoms with Crippen LogP contribution in [0, 0.1) is 12.7 Å². The van der Waals surface area contributed by atoms with Gasteiger partial charge in [0.2, 0.25) is 0 Å². The predicted molar refractivity (Wildman–Crippen MR) is 96.6 cm³/mol. The fraction of sp³-hybridized carbons (Fsp3) is 0.0556. The SMILES string of the molecule is Cc1ccc2cccc(NC(=S)NC(=O)c3ccc(F)cc3)c2n1. The van der Waals surface area contributed by atoms with Crippen molar-refractivity contribution in [2.24, 2.45) is 0 Å². The lowest BCUT2D eigenvalue weighted by atomic mass is 10.2. The number of carbonyl (C=O) groups excluding carboxylic acids is 1. The van der Waals surface area contributed by atoms with Gasteiger partial charge in [0, 0.05) is 16.6 Å². The maximum Gasteiger partial charge on any atom is 0.257 e. The van der Waals surface area contributed by atoms with Gasteiger partial charge in [0.05, 0.1) is 11.2 Å². The van der Waals surface area contributed by atoms with Crippen molar-refractivity contribution >= 4 is 39.8 Å². The van der Waals surface area contributed by atoms with Crippen LogP contribution >= 0.6 is 12.2 Å². The second-order valence-electron chi connectivity index (χ2n) is 5.25. The number of rotatable bonds is 2. The number of hydrogen-bond donors (Lipinski definition) is 2. The molecule has 0 unspecified atom stereocenters. The quantitative estimate of drug-likeness (QED) is 0.697. The van der Waals surface area contributed by atoms with E-state index >= 15 is 0 Å². The van der Waals surface area contributed by atoms with Crippen molar-refractivity contribution in [2.45, 2.75) is 6.92 Å². The zero-order chi connectivity index (χ0) is 17.1. The van der Waals surface area contributed by atoms with Crippen molar-refractivity contribution in [1.29, 1.82) is 0 Å². The minimum atomic E-state index is -0.406. The molecule has 0 radical (unpaired) electrons. The molecule has 0 aliphatic rings. The molecule has 0 bridgehead atoms. The molecule has 120 valence electrons. The first-order valence-electron chi connectivity index (χ1n) is 7.27. The molecule has 2 N–H and O–H groups in total. The molecule has 1 heterocycles. The molecular weight excluding hydrogens is 325 g/mol. The molecule has 3 rings (SSSR count). The Morgan fingerprint density at radius 3 is 2.58 bits per heavy atom. The van der Waals surface area contributed by atoms with Gasteiger partial charge in [0.15, 0.2) is 5.11 Å². The number of aromatic nitrogens is 1. The van der Waals surface area contributed by atoms with Gasteiger partial charge in [0.25, 0.3) is 5.91 Å². The van der Waals surface area contributed by atoms with Crippen LogP contribution in [-0.2, 0) is 0 Å². The zero-order valence-corrected chi connectivity index (χ0v) is 13.7. The van der Waals surface area contributed by atoms with E-state index in [4.69, 9.17) is 12.2 Å². The van der Waals surface area contributed by atoms with Crippen LogP contribution in [-0.4, -0.2) is 16.0 Å². The molecule has 2 aromatic carbocycles. The van der Waals surface area contributed by atoms with Gasteiger partial charge in [-0.1, -0.05) is 18.2 Å². The predicted octanol–water partition coefficient (Wildman–Crippen LogP) is 3.81. The van der Waals surface area contributed by atoms with Gasteiger partial charge >= 0.3 is 0 Å². The minimum absolute atomic E-state index is 0.153. The fourth-order valence-electron chi connectivity index (χ4n) is 2.28. The molecule has 0 atom stereocenters. The summed E-state index contributed by atoms with van der Waals surface area (Å²) < 4.78 is 12.9. The number of carbonyl (C=O) groups is 1. The molecule has 6 heteroatoms. The summed E-state index contributed by atoms with van der Waals surface area (Å²) >= 11 is 5.19. The van der Waals surface area contributed by atoms with Crippen molar-refractivity contribution in [1.82, 2.24) is 10.3 Å². The maximum absolute atomic E-state index is 12.9. The largest absolute Gasteiger partial charge is 0.331 e. The van der Waals surface area contributed by atoms with Crippen LogP contribution in [0.4, 0.5) is 10.1 Å². The summed E-state index contributed by atoms with van der Waals surface area (Å²) in [5.41, 5.74) is 2.70.